The summed E-state index contributed by atoms with van der Waals surface area (Å²) in [7, 11) is 0. The molecule has 0 bridgehead atoms. The van der Waals surface area contributed by atoms with E-state index in [9.17, 15) is 0 Å². The molecule has 0 spiro atoms. The Kier molecular flexibility index (Phi) is 3.45. The summed E-state index contributed by atoms with van der Waals surface area (Å²) < 4.78 is 5.58. The molecular formula is C13H10ClN3O. The third-order valence-electron chi connectivity index (χ3n) is 2.44. The normalized spacial score (nSPS) is 9.89. The average molecular weight is 260 g/mol. The zero-order valence-electron chi connectivity index (χ0n) is 9.94. The van der Waals surface area contributed by atoms with Crippen molar-refractivity contribution < 1.29 is 4.74 Å². The van der Waals surface area contributed by atoms with Crippen LogP contribution in [0.2, 0.25) is 5.28 Å². The summed E-state index contributed by atoms with van der Waals surface area (Å²) in [5.41, 5.74) is 2.41. The average Bonchev–Trinajstić information content (AvgIpc) is 2.28. The van der Waals surface area contributed by atoms with Gasteiger partial charge in [0.15, 0.2) is 0 Å². The van der Waals surface area contributed by atoms with E-state index in [0.29, 0.717) is 17.2 Å². The largest absolute Gasteiger partial charge is 0.439 e. The van der Waals surface area contributed by atoms with Crippen LogP contribution in [-0.2, 0) is 0 Å². The van der Waals surface area contributed by atoms with Crippen LogP contribution in [0, 0.1) is 25.2 Å². The lowest BCUT2D eigenvalue weighted by Crippen LogP contribution is -1.93. The van der Waals surface area contributed by atoms with Crippen LogP contribution < -0.4 is 4.74 Å². The van der Waals surface area contributed by atoms with E-state index in [0.717, 1.165) is 11.1 Å². The lowest BCUT2D eigenvalue weighted by molar-refractivity contribution is 0.461. The van der Waals surface area contributed by atoms with Gasteiger partial charge in [-0.15, -0.1) is 0 Å². The number of ether oxygens (including phenoxy) is 1. The molecular weight excluding hydrogens is 250 g/mol. The Balaban J connectivity index is 2.34. The van der Waals surface area contributed by atoms with Gasteiger partial charge in [0.1, 0.15) is 5.75 Å². The van der Waals surface area contributed by atoms with Gasteiger partial charge < -0.3 is 4.74 Å². The molecule has 2 rings (SSSR count). The Bertz CT molecular complexity index is 611. The molecule has 18 heavy (non-hydrogen) atoms. The summed E-state index contributed by atoms with van der Waals surface area (Å²) in [6, 6.07) is 7.37. The highest BCUT2D eigenvalue weighted by Crippen LogP contribution is 2.25. The van der Waals surface area contributed by atoms with Crippen molar-refractivity contribution in [2.24, 2.45) is 0 Å². The predicted octanol–water partition coefficient (Wildman–Crippen LogP) is 3.41. The molecule has 0 atom stereocenters. The highest BCUT2D eigenvalue weighted by atomic mass is 35.5. The Morgan fingerprint density at radius 1 is 1.28 bits per heavy atom. The van der Waals surface area contributed by atoms with E-state index in [1.807, 2.05) is 13.8 Å². The summed E-state index contributed by atoms with van der Waals surface area (Å²) in [5.74, 6) is 0.997. The van der Waals surface area contributed by atoms with Gasteiger partial charge in [-0.05, 0) is 48.7 Å². The number of aryl methyl sites for hydroxylation is 2. The Hall–Kier alpha value is -2.12. The first kappa shape index (κ1) is 12.3. The number of benzene rings is 1. The molecule has 0 N–H and O–H groups in total. The van der Waals surface area contributed by atoms with Crippen LogP contribution in [0.15, 0.2) is 24.4 Å². The van der Waals surface area contributed by atoms with Crippen LogP contribution in [0.3, 0.4) is 0 Å². The summed E-state index contributed by atoms with van der Waals surface area (Å²) in [6.07, 6.45) is 1.52. The summed E-state index contributed by atoms with van der Waals surface area (Å²) in [5, 5.41) is 9.12. The molecule has 0 aliphatic carbocycles. The highest BCUT2D eigenvalue weighted by molar-refractivity contribution is 6.28. The minimum absolute atomic E-state index is 0.134. The summed E-state index contributed by atoms with van der Waals surface area (Å²) in [6.45, 7) is 3.73. The van der Waals surface area contributed by atoms with Crippen molar-refractivity contribution >= 4 is 11.6 Å². The van der Waals surface area contributed by atoms with Gasteiger partial charge in [-0.2, -0.15) is 10.2 Å². The minimum atomic E-state index is 0.134. The second kappa shape index (κ2) is 5.03. The van der Waals surface area contributed by atoms with Crippen LogP contribution in [0.4, 0.5) is 0 Å². The molecule has 1 aromatic heterocycles. The van der Waals surface area contributed by atoms with Gasteiger partial charge in [0.2, 0.25) is 11.2 Å². The number of nitrogens with zero attached hydrogens (tertiary/aromatic N) is 3. The van der Waals surface area contributed by atoms with Crippen molar-refractivity contribution in [3.63, 3.8) is 0 Å². The fourth-order valence-corrected chi connectivity index (χ4v) is 1.80. The molecule has 1 heterocycles. The maximum Gasteiger partial charge on any atom is 0.225 e. The fraction of sp³-hybridized carbons (Fsp3) is 0.154. The molecule has 0 aliphatic heterocycles. The highest BCUT2D eigenvalue weighted by Gasteiger charge is 2.07. The predicted molar refractivity (Wildman–Crippen MR) is 67.7 cm³/mol. The lowest BCUT2D eigenvalue weighted by atomic mass is 10.0. The summed E-state index contributed by atoms with van der Waals surface area (Å²) >= 11 is 5.68. The Morgan fingerprint density at radius 3 is 2.50 bits per heavy atom. The van der Waals surface area contributed by atoms with Crippen LogP contribution >= 0.6 is 11.6 Å². The second-order valence-corrected chi connectivity index (χ2v) is 4.15. The van der Waals surface area contributed by atoms with Crippen molar-refractivity contribution in [3.8, 4) is 17.7 Å². The van der Waals surface area contributed by atoms with Gasteiger partial charge >= 0.3 is 0 Å². The monoisotopic (exact) mass is 259 g/mol. The Morgan fingerprint density at radius 2 is 1.94 bits per heavy atom. The first-order valence-electron chi connectivity index (χ1n) is 5.28. The molecule has 0 saturated carbocycles. The van der Waals surface area contributed by atoms with Gasteiger partial charge in [0, 0.05) is 12.3 Å². The van der Waals surface area contributed by atoms with Gasteiger partial charge in [0.25, 0.3) is 0 Å². The number of aromatic nitrogens is 2. The molecule has 2 aromatic rings. The molecule has 0 radical (unpaired) electrons. The van der Waals surface area contributed by atoms with E-state index in [2.05, 4.69) is 16.0 Å². The van der Waals surface area contributed by atoms with Crippen molar-refractivity contribution in [3.05, 3.63) is 46.4 Å². The van der Waals surface area contributed by atoms with E-state index in [1.165, 1.54) is 6.20 Å². The molecule has 0 amide bonds. The maximum absolute atomic E-state index is 8.99. The number of rotatable bonds is 2. The zero-order chi connectivity index (χ0) is 13.1. The quantitative estimate of drug-likeness (QED) is 0.776. The van der Waals surface area contributed by atoms with E-state index in [1.54, 1.807) is 18.2 Å². The van der Waals surface area contributed by atoms with Crippen molar-refractivity contribution in [2.45, 2.75) is 13.8 Å². The third kappa shape index (κ3) is 2.58. The molecule has 5 heteroatoms. The first-order valence-corrected chi connectivity index (χ1v) is 5.65. The van der Waals surface area contributed by atoms with E-state index in [-0.39, 0.29) is 5.28 Å². The van der Waals surface area contributed by atoms with Crippen molar-refractivity contribution in [1.29, 1.82) is 5.26 Å². The molecule has 0 aliphatic rings. The molecule has 4 nitrogen and oxygen atoms in total. The molecule has 0 saturated heterocycles. The lowest BCUT2D eigenvalue weighted by Gasteiger charge is -2.08. The van der Waals surface area contributed by atoms with Crippen LogP contribution in [-0.4, -0.2) is 9.97 Å². The van der Waals surface area contributed by atoms with Gasteiger partial charge in [0.05, 0.1) is 11.6 Å². The number of hydrogen-bond donors (Lipinski definition) is 0. The van der Waals surface area contributed by atoms with Gasteiger partial charge in [-0.3, -0.25) is 0 Å². The molecule has 0 fully saturated rings. The van der Waals surface area contributed by atoms with Crippen LogP contribution in [0.5, 0.6) is 11.6 Å². The first-order chi connectivity index (χ1) is 8.60. The molecule has 1 aromatic carbocycles. The standard InChI is InChI=1S/C13H10ClN3O/c1-8-5-10(6-9(2)11(8)7-15)18-12-3-4-16-13(14)17-12/h3-6H,1-2H3. The van der Waals surface area contributed by atoms with Crippen LogP contribution in [0.1, 0.15) is 16.7 Å². The molecule has 0 unspecified atom stereocenters. The Labute approximate surface area is 110 Å². The van der Waals surface area contributed by atoms with Gasteiger partial charge in [-0.1, -0.05) is 0 Å². The maximum atomic E-state index is 8.99. The van der Waals surface area contributed by atoms with E-state index >= 15 is 0 Å². The third-order valence-corrected chi connectivity index (χ3v) is 2.62. The topological polar surface area (TPSA) is 58.8 Å². The number of halogens is 1. The van der Waals surface area contributed by atoms with Crippen molar-refractivity contribution in [1.82, 2.24) is 9.97 Å². The summed E-state index contributed by atoms with van der Waals surface area (Å²) in [4.78, 5) is 7.71. The van der Waals surface area contributed by atoms with Crippen molar-refractivity contribution in [2.75, 3.05) is 0 Å². The van der Waals surface area contributed by atoms with Crippen LogP contribution in [0.25, 0.3) is 0 Å². The number of nitriles is 1. The minimum Gasteiger partial charge on any atom is -0.439 e. The van der Waals surface area contributed by atoms with E-state index < -0.39 is 0 Å². The zero-order valence-corrected chi connectivity index (χ0v) is 10.7. The van der Waals surface area contributed by atoms with Gasteiger partial charge in [-0.25, -0.2) is 4.98 Å². The smallest absolute Gasteiger partial charge is 0.225 e. The van der Waals surface area contributed by atoms with E-state index in [4.69, 9.17) is 21.6 Å². The number of hydrogen-bond acceptors (Lipinski definition) is 4. The fourth-order valence-electron chi connectivity index (χ4n) is 1.66. The SMILES string of the molecule is Cc1cc(Oc2ccnc(Cl)n2)cc(C)c1C#N. The molecule has 90 valence electrons. The second-order valence-electron chi connectivity index (χ2n) is 3.81.